The number of benzene rings is 6. The Morgan fingerprint density at radius 3 is 1.38 bits per heavy atom. The van der Waals surface area contributed by atoms with E-state index in [1.54, 1.807) is 82.9 Å². The van der Waals surface area contributed by atoms with E-state index < -0.39 is 22.9 Å². The maximum Gasteiger partial charge on any atom is 0.410 e. The number of likely N-dealkylation sites (tertiary alicyclic amines) is 1. The molecular formula is C86H98N18O10. The molecule has 0 spiro atoms. The molecule has 2 fully saturated rings. The van der Waals surface area contributed by atoms with Crippen LogP contribution in [0.2, 0.25) is 0 Å². The summed E-state index contributed by atoms with van der Waals surface area (Å²) in [7, 11) is 15.5. The Kier molecular flexibility index (Phi) is 25.4. The molecule has 1 amide bonds. The van der Waals surface area contributed by atoms with E-state index in [-0.39, 0.29) is 13.1 Å². The van der Waals surface area contributed by atoms with Crippen molar-refractivity contribution in [2.24, 2.45) is 21.1 Å². The number of methoxy groups -OCH3 is 6. The molecule has 114 heavy (non-hydrogen) atoms. The molecule has 592 valence electrons. The van der Waals surface area contributed by atoms with Crippen LogP contribution in [0.15, 0.2) is 159 Å². The summed E-state index contributed by atoms with van der Waals surface area (Å²) in [6.45, 7) is 15.7. The molecule has 6 aromatic carbocycles. The summed E-state index contributed by atoms with van der Waals surface area (Å²) in [5, 5.41) is 41.5. The summed E-state index contributed by atoms with van der Waals surface area (Å²) in [6.07, 6.45) is 15.9. The van der Waals surface area contributed by atoms with E-state index in [9.17, 15) is 15.0 Å². The third-order valence-electron chi connectivity index (χ3n) is 19.2. The average molecular weight is 1540 g/mol. The first-order valence-corrected chi connectivity index (χ1v) is 37.5. The molecule has 0 bridgehead atoms. The Labute approximate surface area is 664 Å². The quantitative estimate of drug-likeness (QED) is 0.0459. The minimum atomic E-state index is -1.35. The maximum atomic E-state index is 12.5. The number of aryl methyl sites for hydroxylation is 3. The van der Waals surface area contributed by atoms with Crippen LogP contribution in [0.5, 0.6) is 34.5 Å². The zero-order valence-electron chi connectivity index (χ0n) is 67.2. The van der Waals surface area contributed by atoms with Crippen molar-refractivity contribution in [3.05, 3.63) is 164 Å². The van der Waals surface area contributed by atoms with Crippen molar-refractivity contribution in [3.8, 4) is 92.0 Å². The van der Waals surface area contributed by atoms with Crippen LogP contribution in [0.25, 0.3) is 66.9 Å². The summed E-state index contributed by atoms with van der Waals surface area (Å²) in [5.74, 6) is 16.5. The number of aliphatic hydroxyl groups is 2. The average Bonchev–Trinajstić information content (AvgIpc) is 1.74. The van der Waals surface area contributed by atoms with Gasteiger partial charge < -0.3 is 73.6 Å². The molecule has 28 heteroatoms. The number of hydrogen-bond donors (Lipinski definition) is 4. The molecule has 2 atom stereocenters. The topological polar surface area (TPSA) is 290 Å². The van der Waals surface area contributed by atoms with Crippen molar-refractivity contribution in [1.29, 1.82) is 0 Å². The second-order valence-electron chi connectivity index (χ2n) is 29.0. The van der Waals surface area contributed by atoms with Crippen LogP contribution >= 0.6 is 0 Å². The molecule has 28 nitrogen and oxygen atoms in total. The van der Waals surface area contributed by atoms with Gasteiger partial charge in [-0.25, -0.2) is 19.7 Å². The largest absolute Gasteiger partial charge is 0.497 e. The van der Waals surface area contributed by atoms with Crippen LogP contribution in [0, 0.1) is 23.7 Å². The SMILES string of the molecule is CCc1c(-c2cnc3ccc(N(CCNC(C)C)c4cc(OC)cc(OC)c4)cc3n2)cnn1C.COc1cc(OC)cc(N(CC#CC2(O)CCN(C(=O)OC(C)(C)C)C2)c2ccc3ncc(-c4cnn(C)c4)nc3c2)c1.COc1cc(OC)cc(N(CC#CC2(O)CCNC2)c2ccc3ncc(-c4cnn(C)c4)nc3c2)c1. The van der Waals surface area contributed by atoms with Crippen molar-refractivity contribution < 1.29 is 48.2 Å². The smallest absolute Gasteiger partial charge is 0.410 e. The van der Waals surface area contributed by atoms with Gasteiger partial charge in [-0.1, -0.05) is 44.5 Å². The number of nitrogens with one attached hydrogen (secondary N) is 2. The van der Waals surface area contributed by atoms with E-state index in [0.29, 0.717) is 72.7 Å². The van der Waals surface area contributed by atoms with Gasteiger partial charge in [0.1, 0.15) is 51.3 Å². The number of carbonyl (C=O) groups excluding carboxylic acids is 1. The summed E-state index contributed by atoms with van der Waals surface area (Å²) < 4.78 is 44.0. The van der Waals surface area contributed by atoms with Crippen LogP contribution in [0.1, 0.15) is 60.1 Å². The van der Waals surface area contributed by atoms with Gasteiger partial charge in [0.05, 0.1) is 150 Å². The number of hydrogen-bond acceptors (Lipinski definition) is 24. The lowest BCUT2D eigenvalue weighted by atomic mass is 10.0. The summed E-state index contributed by atoms with van der Waals surface area (Å²) in [5.41, 5.74) is 13.2. The Bertz CT molecular complexity index is 5450. The van der Waals surface area contributed by atoms with Gasteiger partial charge in [0.25, 0.3) is 0 Å². The van der Waals surface area contributed by atoms with E-state index in [2.05, 4.69) is 102 Å². The molecule has 0 radical (unpaired) electrons. The lowest BCUT2D eigenvalue weighted by Crippen LogP contribution is -2.38. The molecule has 6 aromatic heterocycles. The number of anilines is 6. The number of amides is 1. The number of nitrogens with zero attached hydrogens (tertiary/aromatic N) is 16. The summed E-state index contributed by atoms with van der Waals surface area (Å²) >= 11 is 0. The first-order chi connectivity index (χ1) is 54.8. The Balaban J connectivity index is 0.000000159. The van der Waals surface area contributed by atoms with Crippen LogP contribution in [0.4, 0.5) is 38.9 Å². The van der Waals surface area contributed by atoms with Gasteiger partial charge in [0.15, 0.2) is 0 Å². The van der Waals surface area contributed by atoms with Crippen molar-refractivity contribution in [3.63, 3.8) is 0 Å². The zero-order chi connectivity index (χ0) is 80.8. The van der Waals surface area contributed by atoms with Gasteiger partial charge in [-0.15, -0.1) is 0 Å². The molecule has 4 N–H and O–H groups in total. The fourth-order valence-corrected chi connectivity index (χ4v) is 13.2. The highest BCUT2D eigenvalue weighted by Crippen LogP contribution is 2.39. The predicted octanol–water partition coefficient (Wildman–Crippen LogP) is 12.2. The van der Waals surface area contributed by atoms with E-state index >= 15 is 0 Å². The fraction of sp³-hybridized carbons (Fsp3) is 0.349. The number of rotatable bonds is 22. The molecule has 14 rings (SSSR count). The summed E-state index contributed by atoms with van der Waals surface area (Å²) in [6, 6.07) is 35.5. The Hall–Kier alpha value is -12.6. The molecule has 0 aliphatic carbocycles. The molecule has 2 aliphatic rings. The second kappa shape index (κ2) is 35.8. The molecule has 8 heterocycles. The molecule has 0 saturated carbocycles. The van der Waals surface area contributed by atoms with Crippen LogP contribution in [0.3, 0.4) is 0 Å². The van der Waals surface area contributed by atoms with Crippen LogP contribution < -0.4 is 53.8 Å². The predicted molar refractivity (Wildman–Crippen MR) is 443 cm³/mol. The first kappa shape index (κ1) is 80.9. The summed E-state index contributed by atoms with van der Waals surface area (Å²) in [4.78, 5) is 48.9. The highest BCUT2D eigenvalue weighted by atomic mass is 16.6. The minimum absolute atomic E-state index is 0.0740. The first-order valence-electron chi connectivity index (χ1n) is 37.5. The monoisotopic (exact) mass is 1540 g/mol. The number of carbonyl (C=O) groups is 1. The highest BCUT2D eigenvalue weighted by molar-refractivity contribution is 5.86. The number of ether oxygens (including phenoxy) is 7. The molecule has 2 aliphatic heterocycles. The van der Waals surface area contributed by atoms with Crippen LogP contribution in [-0.4, -0.2) is 198 Å². The van der Waals surface area contributed by atoms with Crippen molar-refractivity contribution in [2.75, 3.05) is 110 Å². The van der Waals surface area contributed by atoms with Gasteiger partial charge in [-0.2, -0.15) is 15.3 Å². The number of aromatic nitrogens is 12. The van der Waals surface area contributed by atoms with Gasteiger partial charge in [0, 0.05) is 190 Å². The van der Waals surface area contributed by atoms with Crippen molar-refractivity contribution in [1.82, 2.24) is 74.8 Å². The lowest BCUT2D eigenvalue weighted by molar-refractivity contribution is 0.0238. The zero-order valence-corrected chi connectivity index (χ0v) is 67.2. The Morgan fingerprint density at radius 2 is 0.974 bits per heavy atom. The number of fused-ring (bicyclic) bond motifs is 3. The minimum Gasteiger partial charge on any atom is -0.497 e. The molecule has 12 aromatic rings. The fourth-order valence-electron chi connectivity index (χ4n) is 13.2. The number of β-amino-alcohol motifs (C(OH)–C–C–N with tert-alkyl or cyclic N) is 2. The van der Waals surface area contributed by atoms with E-state index in [1.807, 2.05) is 172 Å². The highest BCUT2D eigenvalue weighted by Gasteiger charge is 2.39. The Morgan fingerprint density at radius 1 is 0.544 bits per heavy atom. The molecule has 2 unspecified atom stereocenters. The van der Waals surface area contributed by atoms with Gasteiger partial charge in [0.2, 0.25) is 0 Å². The van der Waals surface area contributed by atoms with Crippen molar-refractivity contribution >= 4 is 73.3 Å². The lowest BCUT2D eigenvalue weighted by Gasteiger charge is -2.27. The van der Waals surface area contributed by atoms with Gasteiger partial charge >= 0.3 is 6.09 Å². The second-order valence-corrected chi connectivity index (χ2v) is 29.0. The van der Waals surface area contributed by atoms with E-state index in [0.717, 1.165) is 133 Å². The molecular weight excluding hydrogens is 1450 g/mol. The van der Waals surface area contributed by atoms with E-state index in [4.69, 9.17) is 48.1 Å². The van der Waals surface area contributed by atoms with E-state index in [1.165, 1.54) is 4.90 Å². The third kappa shape index (κ3) is 20.0. The van der Waals surface area contributed by atoms with Crippen molar-refractivity contribution in [2.45, 2.75) is 83.6 Å². The third-order valence-corrected chi connectivity index (χ3v) is 19.2. The maximum absolute atomic E-state index is 12.5. The molecule has 2 saturated heterocycles. The normalized spacial score (nSPS) is 15.1. The standard InChI is InChI=1S/C32H36N6O5.C27H28N6O3.C27H34N6O2/c1-31(2,3)43-30(39)37-13-11-32(40,21-37)10-7-12-38(24-14-25(41-5)17-26(15-24)42-6)23-8-9-27-28(16-23)35-29(19-33-27)22-18-34-36(4)20-22;1-32-17-19(15-30-32)26-16-29-24-6-5-20(13-25(24)31-26)33(10-4-7-27(34)8-9-28-18-27)21-11-22(35-2)14-23(12-21)36-3;1-7-27-23(16-30-32(27)4)26-17-29-24-9-8-19(14-25(24)31-26)33(11-10-28-18(2)3)20-12-21(34-5)15-22(13-20)35-6/h8-9,14-20,40H,11-13,21H2,1-6H3;5-6,11-17,28,34H,8-10,18H2,1-3H3;8-9,12-18,28H,7,10-11H2,1-6H3. The van der Waals surface area contributed by atoms with Gasteiger partial charge in [-0.3, -0.25) is 29.0 Å². The van der Waals surface area contributed by atoms with Gasteiger partial charge in [-0.05, 0) is 88.3 Å². The van der Waals surface area contributed by atoms with Crippen LogP contribution in [-0.2, 0) is 32.3 Å².